The van der Waals surface area contributed by atoms with Gasteiger partial charge < -0.3 is 10.2 Å². The molecule has 1 fully saturated rings. The first-order chi connectivity index (χ1) is 7.01. The Hall–Kier alpha value is -1.03. The number of aliphatic carboxylic acids is 1. The highest BCUT2D eigenvalue weighted by Crippen LogP contribution is 2.64. The summed E-state index contributed by atoms with van der Waals surface area (Å²) in [7, 11) is 0. The first kappa shape index (κ1) is 13.0. The zero-order valence-electron chi connectivity index (χ0n) is 7.30. The second-order valence-electron chi connectivity index (χ2n) is 3.07. The van der Waals surface area contributed by atoms with Crippen molar-refractivity contribution in [1.82, 2.24) is 4.90 Å². The van der Waals surface area contributed by atoms with E-state index < -0.39 is 41.5 Å². The van der Waals surface area contributed by atoms with E-state index in [4.69, 9.17) is 10.2 Å². The molecule has 0 radical (unpaired) electrons. The molecule has 1 aliphatic rings. The van der Waals surface area contributed by atoms with Gasteiger partial charge in [-0.25, -0.2) is 4.39 Å². The highest BCUT2D eigenvalue weighted by molar-refractivity contribution is 5.74. The molecule has 1 saturated heterocycles. The second kappa shape index (κ2) is 3.23. The van der Waals surface area contributed by atoms with Crippen LogP contribution in [0.3, 0.4) is 0 Å². The fourth-order valence-corrected chi connectivity index (χ4v) is 1.29. The van der Waals surface area contributed by atoms with E-state index in [1.807, 2.05) is 0 Å². The maximum atomic E-state index is 12.9. The van der Waals surface area contributed by atoms with Gasteiger partial charge in [0.25, 0.3) is 0 Å². The van der Waals surface area contributed by atoms with Gasteiger partial charge >= 0.3 is 24.0 Å². The van der Waals surface area contributed by atoms with Crippen molar-refractivity contribution in [2.24, 2.45) is 0 Å². The lowest BCUT2D eigenvalue weighted by Gasteiger charge is -2.13. The third kappa shape index (κ3) is 1.36. The topological polar surface area (TPSA) is 60.5 Å². The average molecular weight is 253 g/mol. The molecule has 0 saturated carbocycles. The monoisotopic (exact) mass is 253 g/mol. The van der Waals surface area contributed by atoms with Crippen LogP contribution in [0.5, 0.6) is 0 Å². The van der Waals surface area contributed by atoms with Crippen LogP contribution in [0, 0.1) is 0 Å². The quantitative estimate of drug-likeness (QED) is 0.438. The number of nitrogens with zero attached hydrogens (tertiary/aromatic N) is 1. The third-order valence-electron chi connectivity index (χ3n) is 2.13. The summed E-state index contributed by atoms with van der Waals surface area (Å²) in [5.74, 6) is -7.21. The molecule has 0 bridgehead atoms. The average Bonchev–Trinajstić information content (AvgIpc) is 2.51. The number of halogens is 6. The third-order valence-corrected chi connectivity index (χ3v) is 2.13. The van der Waals surface area contributed by atoms with Crippen LogP contribution in [-0.2, 0) is 4.79 Å². The second-order valence-corrected chi connectivity index (χ2v) is 3.07. The van der Waals surface area contributed by atoms with Crippen molar-refractivity contribution in [3.63, 3.8) is 0 Å². The van der Waals surface area contributed by atoms with Gasteiger partial charge in [-0.15, -0.1) is 0 Å². The van der Waals surface area contributed by atoms with Crippen LogP contribution in [0.2, 0.25) is 0 Å². The Balaban J connectivity index is 3.06. The molecule has 16 heavy (non-hydrogen) atoms. The van der Waals surface area contributed by atoms with E-state index in [9.17, 15) is 31.1 Å². The summed E-state index contributed by atoms with van der Waals surface area (Å²) in [6.07, 6.45) is -5.95. The first-order valence-electron chi connectivity index (χ1n) is 3.78. The number of hydrogen-bond donors (Lipinski definition) is 2. The molecular formula is C6H5F6NO3. The molecular weight excluding hydrogens is 248 g/mol. The zero-order chi connectivity index (χ0) is 12.9. The SMILES string of the molecule is O=C(O)[C@H](CO)N1C(F)(F)C1(F)C(F)(F)F. The van der Waals surface area contributed by atoms with Gasteiger partial charge in [-0.3, -0.25) is 4.79 Å². The summed E-state index contributed by atoms with van der Waals surface area (Å²) < 4.78 is 74.0. The lowest BCUT2D eigenvalue weighted by Crippen LogP contribution is -2.41. The van der Waals surface area contributed by atoms with Crippen molar-refractivity contribution in [1.29, 1.82) is 0 Å². The van der Waals surface area contributed by atoms with E-state index in [0.717, 1.165) is 0 Å². The van der Waals surface area contributed by atoms with Gasteiger partial charge in [0.2, 0.25) is 0 Å². The Labute approximate surface area is 84.1 Å². The fourth-order valence-electron chi connectivity index (χ4n) is 1.29. The standard InChI is InChI=1S/C6H5F6NO3/c7-4(5(8,9)10)6(11,12)13(4)2(1-14)3(15)16/h2,14H,1H2,(H,15,16)/t2-,4?,13?/m0/s1. The van der Waals surface area contributed by atoms with Gasteiger partial charge in [0, 0.05) is 0 Å². The van der Waals surface area contributed by atoms with E-state index in [1.54, 1.807) is 0 Å². The van der Waals surface area contributed by atoms with E-state index in [-0.39, 0.29) is 0 Å². The summed E-state index contributed by atoms with van der Waals surface area (Å²) in [6.45, 7) is -1.56. The minimum atomic E-state index is -5.95. The van der Waals surface area contributed by atoms with Crippen LogP contribution in [0.15, 0.2) is 0 Å². The molecule has 0 aromatic carbocycles. The predicted molar refractivity (Wildman–Crippen MR) is 35.2 cm³/mol. The van der Waals surface area contributed by atoms with Crippen LogP contribution in [0.4, 0.5) is 26.3 Å². The highest BCUT2D eigenvalue weighted by Gasteiger charge is 2.94. The van der Waals surface area contributed by atoms with Gasteiger partial charge in [0.1, 0.15) is 6.04 Å². The van der Waals surface area contributed by atoms with Crippen molar-refractivity contribution >= 4 is 5.97 Å². The lowest BCUT2D eigenvalue weighted by molar-refractivity contribution is -0.225. The smallest absolute Gasteiger partial charge is 0.444 e. The molecule has 4 nitrogen and oxygen atoms in total. The molecule has 0 amide bonds. The lowest BCUT2D eigenvalue weighted by atomic mass is 10.3. The molecule has 1 rings (SSSR count). The van der Waals surface area contributed by atoms with Gasteiger partial charge in [0.15, 0.2) is 0 Å². The molecule has 94 valence electrons. The van der Waals surface area contributed by atoms with Crippen LogP contribution in [-0.4, -0.2) is 51.7 Å². The largest absolute Gasteiger partial charge is 0.480 e. The number of carboxylic acids is 1. The predicted octanol–water partition coefficient (Wildman–Crippen LogP) is 0.568. The van der Waals surface area contributed by atoms with Crippen LogP contribution < -0.4 is 0 Å². The summed E-state index contributed by atoms with van der Waals surface area (Å²) in [6, 6.07) is -7.64. The fraction of sp³-hybridized carbons (Fsp3) is 0.833. The minimum absolute atomic E-state index is 1.22. The molecule has 2 N–H and O–H groups in total. The maximum absolute atomic E-state index is 12.9. The van der Waals surface area contributed by atoms with Gasteiger partial charge in [0.05, 0.1) is 6.61 Å². The van der Waals surface area contributed by atoms with Crippen molar-refractivity contribution < 1.29 is 41.4 Å². The molecule has 0 aromatic rings. The first-order valence-corrected chi connectivity index (χ1v) is 3.78. The van der Waals surface area contributed by atoms with Gasteiger partial charge in [-0.05, 0) is 0 Å². The van der Waals surface area contributed by atoms with Gasteiger partial charge in [-0.1, -0.05) is 0 Å². The number of hydrogen-bond acceptors (Lipinski definition) is 3. The Morgan fingerprint density at radius 3 is 1.94 bits per heavy atom. The normalized spacial score (nSPS) is 34.6. The Bertz CT molecular complexity index is 318. The van der Waals surface area contributed by atoms with Crippen molar-refractivity contribution in [2.45, 2.75) is 24.1 Å². The summed E-state index contributed by atoms with van der Waals surface area (Å²) in [5, 5.41) is 16.6. The number of alkyl halides is 6. The van der Waals surface area contributed by atoms with E-state index >= 15 is 0 Å². The Kier molecular flexibility index (Phi) is 2.63. The number of aliphatic hydroxyl groups excluding tert-OH is 1. The molecule has 0 aliphatic carbocycles. The number of carbonyl (C=O) groups is 1. The molecule has 0 spiro atoms. The number of rotatable bonds is 3. The van der Waals surface area contributed by atoms with Crippen LogP contribution in [0.1, 0.15) is 0 Å². The summed E-state index contributed by atoms with van der Waals surface area (Å²) in [5.41, 5.74) is 0. The molecule has 1 heterocycles. The summed E-state index contributed by atoms with van der Waals surface area (Å²) >= 11 is 0. The Morgan fingerprint density at radius 1 is 1.31 bits per heavy atom. The minimum Gasteiger partial charge on any atom is -0.480 e. The van der Waals surface area contributed by atoms with Crippen molar-refractivity contribution in [3.8, 4) is 0 Å². The maximum Gasteiger partial charge on any atom is 0.444 e. The van der Waals surface area contributed by atoms with Crippen molar-refractivity contribution in [2.75, 3.05) is 6.61 Å². The molecule has 1 aliphatic heterocycles. The number of aliphatic hydroxyl groups is 1. The highest BCUT2D eigenvalue weighted by atomic mass is 19.4. The molecule has 0 aromatic heterocycles. The molecule has 2 unspecified atom stereocenters. The van der Waals surface area contributed by atoms with Crippen LogP contribution in [0.25, 0.3) is 0 Å². The van der Waals surface area contributed by atoms with E-state index in [2.05, 4.69) is 0 Å². The Morgan fingerprint density at radius 2 is 1.75 bits per heavy atom. The van der Waals surface area contributed by atoms with Crippen molar-refractivity contribution in [3.05, 3.63) is 0 Å². The number of carboxylic acid groups (broad SMARTS) is 1. The summed E-state index contributed by atoms with van der Waals surface area (Å²) in [4.78, 5) is 9.03. The van der Waals surface area contributed by atoms with E-state index in [1.165, 1.54) is 0 Å². The molecule has 10 heteroatoms. The molecule has 3 atom stereocenters. The van der Waals surface area contributed by atoms with Crippen LogP contribution >= 0.6 is 0 Å². The zero-order valence-corrected chi connectivity index (χ0v) is 7.30. The van der Waals surface area contributed by atoms with Gasteiger partial charge in [-0.2, -0.15) is 26.9 Å². The van der Waals surface area contributed by atoms with E-state index in [0.29, 0.717) is 0 Å².